The predicted molar refractivity (Wildman–Crippen MR) is 55.5 cm³/mol. The number of halogens is 3. The van der Waals surface area contributed by atoms with Crippen LogP contribution < -0.4 is 5.73 Å². The fourth-order valence-corrected chi connectivity index (χ4v) is 1.36. The molecule has 6 heteroatoms. The van der Waals surface area contributed by atoms with E-state index in [9.17, 15) is 13.6 Å². The Labute approximate surface area is 95.8 Å². The van der Waals surface area contributed by atoms with E-state index >= 15 is 0 Å². The molecule has 0 amide bonds. The van der Waals surface area contributed by atoms with E-state index in [0.717, 1.165) is 0 Å². The lowest BCUT2D eigenvalue weighted by molar-refractivity contribution is -0.152. The normalized spacial score (nSPS) is 15.5. The zero-order valence-corrected chi connectivity index (χ0v) is 8.92. The number of carboxylic acids is 1. The van der Waals surface area contributed by atoms with Gasteiger partial charge in [0.1, 0.15) is 0 Å². The lowest BCUT2D eigenvalue weighted by Gasteiger charge is -2.28. The van der Waals surface area contributed by atoms with Gasteiger partial charge in [0.15, 0.2) is 5.54 Å². The molecule has 0 saturated carbocycles. The molecule has 0 saturated heterocycles. The number of aliphatic carboxylic acids is 1. The Kier molecular flexibility index (Phi) is 3.50. The summed E-state index contributed by atoms with van der Waals surface area (Å²) in [7, 11) is 0. The fraction of sp³-hybridized carbons (Fsp3) is 0.300. The van der Waals surface area contributed by atoms with Crippen molar-refractivity contribution in [3.05, 3.63) is 35.9 Å². The Balaban J connectivity index is 3.03. The van der Waals surface area contributed by atoms with E-state index in [-0.39, 0.29) is 0 Å². The predicted octanol–water partition coefficient (Wildman–Crippen LogP) is 1.84. The fourth-order valence-electron chi connectivity index (χ4n) is 1.21. The zero-order valence-electron chi connectivity index (χ0n) is 8.16. The van der Waals surface area contributed by atoms with Crippen LogP contribution in [0.15, 0.2) is 30.3 Å². The third-order valence-electron chi connectivity index (χ3n) is 2.21. The molecule has 0 heterocycles. The summed E-state index contributed by atoms with van der Waals surface area (Å²) in [4.78, 5) is 10.8. The summed E-state index contributed by atoms with van der Waals surface area (Å²) < 4.78 is 25.9. The van der Waals surface area contributed by atoms with Crippen molar-refractivity contribution < 1.29 is 18.7 Å². The molecule has 0 aromatic heterocycles. The number of alkyl halides is 3. The second-order valence-electron chi connectivity index (χ2n) is 3.44. The van der Waals surface area contributed by atoms with Gasteiger partial charge in [0, 0.05) is 6.42 Å². The minimum atomic E-state index is -4.02. The molecule has 0 bridgehead atoms. The Bertz CT molecular complexity index is 380. The molecule has 0 aliphatic carbocycles. The number of carbonyl (C=O) groups is 1. The molecule has 0 spiro atoms. The van der Waals surface area contributed by atoms with Gasteiger partial charge in [-0.1, -0.05) is 30.3 Å². The first-order valence-corrected chi connectivity index (χ1v) is 4.78. The Morgan fingerprint density at radius 3 is 2.25 bits per heavy atom. The van der Waals surface area contributed by atoms with Crippen molar-refractivity contribution in [2.45, 2.75) is 17.3 Å². The van der Waals surface area contributed by atoms with Gasteiger partial charge in [0.05, 0.1) is 0 Å². The van der Waals surface area contributed by atoms with Crippen LogP contribution in [0.1, 0.15) is 5.56 Å². The minimum Gasteiger partial charge on any atom is -0.480 e. The van der Waals surface area contributed by atoms with Crippen molar-refractivity contribution in [1.29, 1.82) is 0 Å². The highest BCUT2D eigenvalue weighted by Gasteiger charge is 2.55. The van der Waals surface area contributed by atoms with Crippen molar-refractivity contribution in [2.75, 3.05) is 0 Å². The summed E-state index contributed by atoms with van der Waals surface area (Å²) in [6.07, 6.45) is -0.542. The molecular weight excluding hydrogens is 240 g/mol. The molecule has 1 atom stereocenters. The van der Waals surface area contributed by atoms with E-state index in [1.807, 2.05) is 0 Å². The number of carboxylic acid groups (broad SMARTS) is 1. The van der Waals surface area contributed by atoms with Crippen molar-refractivity contribution >= 4 is 17.6 Å². The molecule has 0 aliphatic rings. The maximum Gasteiger partial charge on any atom is 0.350 e. The van der Waals surface area contributed by atoms with E-state index < -0.39 is 23.3 Å². The highest BCUT2D eigenvalue weighted by atomic mass is 35.5. The van der Waals surface area contributed by atoms with Gasteiger partial charge in [-0.25, -0.2) is 4.79 Å². The summed E-state index contributed by atoms with van der Waals surface area (Å²) in [6, 6.07) is 7.90. The Morgan fingerprint density at radius 2 is 1.88 bits per heavy atom. The molecule has 16 heavy (non-hydrogen) atoms. The Hall–Kier alpha value is -1.20. The maximum atomic E-state index is 13.0. The van der Waals surface area contributed by atoms with Gasteiger partial charge in [-0.05, 0) is 17.2 Å². The van der Waals surface area contributed by atoms with E-state index in [2.05, 4.69) is 0 Å². The second kappa shape index (κ2) is 4.35. The van der Waals surface area contributed by atoms with Crippen molar-refractivity contribution in [3.63, 3.8) is 0 Å². The van der Waals surface area contributed by atoms with Gasteiger partial charge in [0.25, 0.3) is 0 Å². The summed E-state index contributed by atoms with van der Waals surface area (Å²) in [6.45, 7) is 0. The lowest BCUT2D eigenvalue weighted by Crippen LogP contribution is -2.60. The molecule has 1 rings (SSSR count). The number of benzene rings is 1. The minimum absolute atomic E-state index is 0.382. The van der Waals surface area contributed by atoms with Crippen LogP contribution in [0.25, 0.3) is 0 Å². The monoisotopic (exact) mass is 249 g/mol. The largest absolute Gasteiger partial charge is 0.480 e. The molecule has 1 aromatic rings. The van der Waals surface area contributed by atoms with Gasteiger partial charge in [-0.3, -0.25) is 0 Å². The average Bonchev–Trinajstić information content (AvgIpc) is 2.17. The molecule has 0 aliphatic heterocycles. The van der Waals surface area contributed by atoms with Crippen LogP contribution in [0.2, 0.25) is 0 Å². The van der Waals surface area contributed by atoms with E-state index in [1.54, 1.807) is 18.2 Å². The van der Waals surface area contributed by atoms with Crippen LogP contribution in [-0.4, -0.2) is 22.0 Å². The lowest BCUT2D eigenvalue weighted by atomic mass is 9.92. The van der Waals surface area contributed by atoms with Crippen LogP contribution in [0.3, 0.4) is 0 Å². The van der Waals surface area contributed by atoms with E-state index in [4.69, 9.17) is 22.4 Å². The summed E-state index contributed by atoms with van der Waals surface area (Å²) in [5, 5.41) is 4.72. The standard InChI is InChI=1S/C10H10ClF2NO2/c11-10(12,13)9(14,8(15)16)6-7-4-2-1-3-5-7/h1-5H,6,14H2,(H,15,16). The zero-order chi connectivity index (χ0) is 12.4. The molecule has 1 unspecified atom stereocenters. The van der Waals surface area contributed by atoms with Gasteiger partial charge in [-0.2, -0.15) is 8.78 Å². The van der Waals surface area contributed by atoms with Gasteiger partial charge >= 0.3 is 11.4 Å². The van der Waals surface area contributed by atoms with Crippen LogP contribution in [-0.2, 0) is 11.2 Å². The summed E-state index contributed by atoms with van der Waals surface area (Å²) in [5.74, 6) is -1.84. The maximum absolute atomic E-state index is 13.0. The molecule has 88 valence electrons. The first-order valence-electron chi connectivity index (χ1n) is 4.40. The Morgan fingerprint density at radius 1 is 1.38 bits per heavy atom. The molecule has 3 nitrogen and oxygen atoms in total. The SMILES string of the molecule is NC(Cc1ccccc1)(C(=O)O)C(F)(F)Cl. The summed E-state index contributed by atoms with van der Waals surface area (Å²) >= 11 is 4.75. The molecule has 0 radical (unpaired) electrons. The second-order valence-corrected chi connectivity index (χ2v) is 3.91. The quantitative estimate of drug-likeness (QED) is 0.801. The van der Waals surface area contributed by atoms with Crippen LogP contribution >= 0.6 is 11.6 Å². The topological polar surface area (TPSA) is 63.3 Å². The van der Waals surface area contributed by atoms with Crippen LogP contribution in [0.4, 0.5) is 8.78 Å². The number of hydrogen-bond acceptors (Lipinski definition) is 2. The van der Waals surface area contributed by atoms with Gasteiger partial charge in [-0.15, -0.1) is 0 Å². The van der Waals surface area contributed by atoms with Crippen molar-refractivity contribution in [2.24, 2.45) is 5.73 Å². The molecule has 0 fully saturated rings. The molecular formula is C10H10ClF2NO2. The molecule has 1 aromatic carbocycles. The van der Waals surface area contributed by atoms with Crippen molar-refractivity contribution in [3.8, 4) is 0 Å². The first-order chi connectivity index (χ1) is 7.27. The third kappa shape index (κ3) is 2.48. The van der Waals surface area contributed by atoms with Crippen LogP contribution in [0, 0.1) is 0 Å². The smallest absolute Gasteiger partial charge is 0.350 e. The van der Waals surface area contributed by atoms with E-state index in [1.165, 1.54) is 12.1 Å². The van der Waals surface area contributed by atoms with Gasteiger partial charge < -0.3 is 10.8 Å². The summed E-state index contributed by atoms with van der Waals surface area (Å²) in [5.41, 5.74) is 2.74. The highest BCUT2D eigenvalue weighted by Crippen LogP contribution is 2.33. The first kappa shape index (κ1) is 12.9. The highest BCUT2D eigenvalue weighted by molar-refractivity contribution is 6.24. The molecule has 3 N–H and O–H groups in total. The van der Waals surface area contributed by atoms with E-state index in [0.29, 0.717) is 5.56 Å². The number of rotatable bonds is 4. The van der Waals surface area contributed by atoms with Crippen molar-refractivity contribution in [1.82, 2.24) is 0 Å². The number of nitrogens with two attached hydrogens (primary N) is 1. The van der Waals surface area contributed by atoms with Crippen LogP contribution in [0.5, 0.6) is 0 Å². The van der Waals surface area contributed by atoms with Gasteiger partial charge in [0.2, 0.25) is 0 Å². The number of hydrogen-bond donors (Lipinski definition) is 2. The third-order valence-corrected chi connectivity index (χ3v) is 2.55. The average molecular weight is 250 g/mol.